The van der Waals surface area contributed by atoms with Gasteiger partial charge in [-0.3, -0.25) is 4.79 Å². The van der Waals surface area contributed by atoms with Crippen LogP contribution in [0.5, 0.6) is 11.5 Å². The third-order valence-corrected chi connectivity index (χ3v) is 5.79. The molecule has 1 aliphatic rings. The highest BCUT2D eigenvalue weighted by Gasteiger charge is 2.35. The van der Waals surface area contributed by atoms with E-state index in [4.69, 9.17) is 26.8 Å². The molecular formula is C24H20ClN3O3. The predicted molar refractivity (Wildman–Crippen MR) is 118 cm³/mol. The van der Waals surface area contributed by atoms with Crippen LogP contribution in [0, 0.1) is 18.3 Å². The maximum Gasteiger partial charge on any atom is 0.259 e. The monoisotopic (exact) mass is 433 g/mol. The average Bonchev–Trinajstić information content (AvgIpc) is 2.77. The van der Waals surface area contributed by atoms with Crippen LogP contribution in [0.25, 0.3) is 0 Å². The molecule has 6 nitrogen and oxygen atoms in total. The molecule has 0 amide bonds. The van der Waals surface area contributed by atoms with Gasteiger partial charge in [0.25, 0.3) is 5.56 Å². The van der Waals surface area contributed by atoms with Crippen molar-refractivity contribution in [1.82, 2.24) is 4.57 Å². The first-order chi connectivity index (χ1) is 15.0. The first kappa shape index (κ1) is 20.6. The lowest BCUT2D eigenvalue weighted by molar-refractivity contribution is 0.383. The number of benzene rings is 2. The molecule has 2 N–H and O–H groups in total. The molecule has 0 spiro atoms. The molecule has 31 heavy (non-hydrogen) atoms. The van der Waals surface area contributed by atoms with Gasteiger partial charge >= 0.3 is 0 Å². The van der Waals surface area contributed by atoms with Crippen molar-refractivity contribution in [2.24, 2.45) is 5.73 Å². The van der Waals surface area contributed by atoms with Crippen molar-refractivity contribution in [2.45, 2.75) is 19.4 Å². The van der Waals surface area contributed by atoms with E-state index < -0.39 is 5.92 Å². The third-order valence-electron chi connectivity index (χ3n) is 5.43. The SMILES string of the molecule is COc1ccccc1C1C(C#N)=C(N)Oc2cc(C)n(Cc3ccccc3Cl)c(=O)c21. The zero-order valence-electron chi connectivity index (χ0n) is 17.1. The lowest BCUT2D eigenvalue weighted by Gasteiger charge is -2.28. The van der Waals surface area contributed by atoms with E-state index in [-0.39, 0.29) is 23.6 Å². The van der Waals surface area contributed by atoms with Gasteiger partial charge in [-0.2, -0.15) is 5.26 Å². The summed E-state index contributed by atoms with van der Waals surface area (Å²) >= 11 is 6.33. The number of hydrogen-bond acceptors (Lipinski definition) is 5. The van der Waals surface area contributed by atoms with E-state index in [1.165, 1.54) is 0 Å². The number of para-hydroxylation sites is 1. The van der Waals surface area contributed by atoms with Gasteiger partial charge < -0.3 is 19.8 Å². The highest BCUT2D eigenvalue weighted by atomic mass is 35.5. The van der Waals surface area contributed by atoms with Crippen LogP contribution < -0.4 is 20.8 Å². The van der Waals surface area contributed by atoms with Crippen LogP contribution in [0.15, 0.2) is 70.8 Å². The highest BCUT2D eigenvalue weighted by Crippen LogP contribution is 2.43. The summed E-state index contributed by atoms with van der Waals surface area (Å²) in [6.07, 6.45) is 0. The van der Waals surface area contributed by atoms with Crippen molar-refractivity contribution in [3.8, 4) is 17.6 Å². The maximum atomic E-state index is 13.7. The largest absolute Gasteiger partial charge is 0.496 e. The van der Waals surface area contributed by atoms with Gasteiger partial charge in [-0.25, -0.2) is 0 Å². The van der Waals surface area contributed by atoms with Gasteiger partial charge in [-0.15, -0.1) is 0 Å². The zero-order chi connectivity index (χ0) is 22.1. The number of pyridine rings is 1. The molecule has 2 heterocycles. The number of methoxy groups -OCH3 is 1. The van der Waals surface area contributed by atoms with Gasteiger partial charge in [0, 0.05) is 22.3 Å². The molecule has 2 aromatic carbocycles. The van der Waals surface area contributed by atoms with E-state index in [1.54, 1.807) is 29.9 Å². The normalized spacial score (nSPS) is 15.1. The first-order valence-electron chi connectivity index (χ1n) is 9.64. The summed E-state index contributed by atoms with van der Waals surface area (Å²) < 4.78 is 12.8. The van der Waals surface area contributed by atoms with Crippen LogP contribution in [-0.4, -0.2) is 11.7 Å². The Morgan fingerprint density at radius 1 is 1.23 bits per heavy atom. The number of aromatic nitrogens is 1. The second-order valence-corrected chi connectivity index (χ2v) is 7.62. The van der Waals surface area contributed by atoms with Crippen molar-refractivity contribution in [1.29, 1.82) is 5.26 Å². The van der Waals surface area contributed by atoms with E-state index >= 15 is 0 Å². The van der Waals surface area contributed by atoms with Crippen LogP contribution in [0.3, 0.4) is 0 Å². The van der Waals surface area contributed by atoms with E-state index in [1.807, 2.05) is 43.3 Å². The highest BCUT2D eigenvalue weighted by molar-refractivity contribution is 6.31. The molecule has 0 bridgehead atoms. The van der Waals surface area contributed by atoms with Crippen molar-refractivity contribution in [3.63, 3.8) is 0 Å². The van der Waals surface area contributed by atoms with Gasteiger partial charge in [0.15, 0.2) is 0 Å². The Balaban J connectivity index is 1.97. The number of ether oxygens (including phenoxy) is 2. The van der Waals surface area contributed by atoms with Crippen LogP contribution in [0.4, 0.5) is 0 Å². The number of rotatable bonds is 4. The third kappa shape index (κ3) is 3.54. The molecule has 0 saturated carbocycles. The molecule has 1 aliphatic heterocycles. The number of halogens is 1. The van der Waals surface area contributed by atoms with Crippen molar-refractivity contribution in [3.05, 3.63) is 104 Å². The smallest absolute Gasteiger partial charge is 0.259 e. The Morgan fingerprint density at radius 2 is 1.94 bits per heavy atom. The Bertz CT molecular complexity index is 1300. The summed E-state index contributed by atoms with van der Waals surface area (Å²) in [6.45, 7) is 2.11. The minimum Gasteiger partial charge on any atom is -0.496 e. The fourth-order valence-corrected chi connectivity index (χ4v) is 4.09. The Hall–Kier alpha value is -3.69. The summed E-state index contributed by atoms with van der Waals surface area (Å²) in [5, 5.41) is 10.4. The fourth-order valence-electron chi connectivity index (χ4n) is 3.90. The molecule has 1 atom stereocenters. The van der Waals surface area contributed by atoms with E-state index in [0.29, 0.717) is 33.3 Å². The molecule has 4 rings (SSSR count). The van der Waals surface area contributed by atoms with Crippen LogP contribution in [-0.2, 0) is 6.54 Å². The van der Waals surface area contributed by atoms with Crippen molar-refractivity contribution in [2.75, 3.05) is 7.11 Å². The van der Waals surface area contributed by atoms with Gasteiger partial charge in [0.2, 0.25) is 5.88 Å². The van der Waals surface area contributed by atoms with Gasteiger partial charge in [-0.1, -0.05) is 48.0 Å². The minimum absolute atomic E-state index is 0.0199. The second-order valence-electron chi connectivity index (χ2n) is 7.21. The average molecular weight is 434 g/mol. The molecule has 3 aromatic rings. The van der Waals surface area contributed by atoms with E-state index in [9.17, 15) is 10.1 Å². The molecule has 0 aliphatic carbocycles. The Morgan fingerprint density at radius 3 is 2.65 bits per heavy atom. The number of nitrogens with two attached hydrogens (primary N) is 1. The first-order valence-corrected chi connectivity index (χ1v) is 10.0. The van der Waals surface area contributed by atoms with Gasteiger partial charge in [0.1, 0.15) is 23.1 Å². The van der Waals surface area contributed by atoms with Crippen molar-refractivity contribution < 1.29 is 9.47 Å². The lowest BCUT2D eigenvalue weighted by Crippen LogP contribution is -2.33. The molecule has 156 valence electrons. The van der Waals surface area contributed by atoms with E-state index in [0.717, 1.165) is 5.56 Å². The summed E-state index contributed by atoms with van der Waals surface area (Å²) in [4.78, 5) is 13.7. The molecule has 1 unspecified atom stereocenters. The number of aryl methyl sites for hydroxylation is 1. The number of fused-ring (bicyclic) bond motifs is 1. The van der Waals surface area contributed by atoms with Gasteiger partial charge in [0.05, 0.1) is 25.1 Å². The van der Waals surface area contributed by atoms with Crippen LogP contribution in [0.1, 0.15) is 28.3 Å². The molecular weight excluding hydrogens is 414 g/mol. The fraction of sp³-hybridized carbons (Fsp3) is 0.167. The maximum absolute atomic E-state index is 13.7. The van der Waals surface area contributed by atoms with E-state index in [2.05, 4.69) is 6.07 Å². The number of nitriles is 1. The second kappa shape index (κ2) is 8.21. The topological polar surface area (TPSA) is 90.3 Å². The lowest BCUT2D eigenvalue weighted by atomic mass is 9.83. The number of allylic oxidation sites excluding steroid dienone is 1. The molecule has 7 heteroatoms. The molecule has 0 fully saturated rings. The minimum atomic E-state index is -0.713. The summed E-state index contributed by atoms with van der Waals surface area (Å²) in [6, 6.07) is 18.5. The van der Waals surface area contributed by atoms with Crippen LogP contribution in [0.2, 0.25) is 5.02 Å². The van der Waals surface area contributed by atoms with Crippen LogP contribution >= 0.6 is 11.6 Å². The number of hydrogen-bond donors (Lipinski definition) is 1. The molecule has 0 saturated heterocycles. The Kier molecular flexibility index (Phi) is 5.45. The summed E-state index contributed by atoms with van der Waals surface area (Å²) in [5.41, 5.74) is 8.48. The molecule has 0 radical (unpaired) electrons. The van der Waals surface area contributed by atoms with Gasteiger partial charge in [-0.05, 0) is 24.6 Å². The quantitative estimate of drug-likeness (QED) is 0.669. The Labute approximate surface area is 184 Å². The zero-order valence-corrected chi connectivity index (χ0v) is 17.8. The number of nitrogens with zero attached hydrogens (tertiary/aromatic N) is 2. The predicted octanol–water partition coefficient (Wildman–Crippen LogP) is 4.09. The standard InChI is InChI=1S/C24H20ClN3O3/c1-14-11-20-22(24(29)28(14)13-15-7-3-5-9-18(15)25)21(17(12-26)23(27)31-20)16-8-4-6-10-19(16)30-2/h3-11,21H,13,27H2,1-2H3. The summed E-state index contributed by atoms with van der Waals surface area (Å²) in [5.74, 6) is 0.160. The summed E-state index contributed by atoms with van der Waals surface area (Å²) in [7, 11) is 1.54. The van der Waals surface area contributed by atoms with Crippen molar-refractivity contribution >= 4 is 11.6 Å². The molecule has 1 aromatic heterocycles.